The highest BCUT2D eigenvalue weighted by Crippen LogP contribution is 2.21. The van der Waals surface area contributed by atoms with Gasteiger partial charge in [-0.05, 0) is 67.9 Å². The number of likely N-dealkylation sites (N-methyl/N-ethyl adjacent to an activating group) is 1. The van der Waals surface area contributed by atoms with E-state index in [0.29, 0.717) is 24.5 Å². The zero-order valence-corrected chi connectivity index (χ0v) is 18.5. The van der Waals surface area contributed by atoms with Crippen molar-refractivity contribution in [2.45, 2.75) is 25.7 Å². The highest BCUT2D eigenvalue weighted by Gasteiger charge is 2.20. The van der Waals surface area contributed by atoms with Crippen molar-refractivity contribution in [2.24, 2.45) is 0 Å². The molecular weight excluding hydrogens is 402 g/mol. The van der Waals surface area contributed by atoms with E-state index in [2.05, 4.69) is 16.5 Å². The SMILES string of the molecule is CCN1CCN(C(=O)COc2ccc(S(=O)(=O)Nc3cc(C)cc(C)c3)cc2)CC1. The number of hydrogen-bond acceptors (Lipinski definition) is 5. The van der Waals surface area contributed by atoms with Gasteiger partial charge in [0.1, 0.15) is 5.75 Å². The second-order valence-corrected chi connectivity index (χ2v) is 9.24. The van der Waals surface area contributed by atoms with Crippen LogP contribution in [0.2, 0.25) is 0 Å². The Bertz CT molecular complexity index is 962. The Kier molecular flexibility index (Phi) is 6.99. The Balaban J connectivity index is 1.57. The molecule has 1 heterocycles. The standard InChI is InChI=1S/C22H29N3O4S/c1-4-24-9-11-25(12-10-24)22(26)16-29-20-5-7-21(8-6-20)30(27,28)23-19-14-17(2)13-18(3)15-19/h5-8,13-15,23H,4,9-12,16H2,1-3H3. The van der Waals surface area contributed by atoms with Crippen molar-refractivity contribution in [2.75, 3.05) is 44.1 Å². The Morgan fingerprint density at radius 2 is 1.60 bits per heavy atom. The zero-order chi connectivity index (χ0) is 21.7. The monoisotopic (exact) mass is 431 g/mol. The molecule has 2 aromatic rings. The minimum atomic E-state index is -3.71. The molecule has 1 aliphatic heterocycles. The first-order chi connectivity index (χ1) is 14.3. The molecule has 0 unspecified atom stereocenters. The lowest BCUT2D eigenvalue weighted by atomic mass is 10.1. The fourth-order valence-electron chi connectivity index (χ4n) is 3.51. The van der Waals surface area contributed by atoms with E-state index >= 15 is 0 Å². The molecular formula is C22H29N3O4S. The maximum Gasteiger partial charge on any atom is 0.261 e. The van der Waals surface area contributed by atoms with E-state index in [0.717, 1.165) is 30.8 Å². The summed E-state index contributed by atoms with van der Waals surface area (Å²) < 4.78 is 33.5. The number of piperazine rings is 1. The average molecular weight is 432 g/mol. The molecule has 0 spiro atoms. The maximum atomic E-state index is 12.6. The van der Waals surface area contributed by atoms with Crippen LogP contribution >= 0.6 is 0 Å². The molecule has 1 N–H and O–H groups in total. The fraction of sp³-hybridized carbons (Fsp3) is 0.409. The van der Waals surface area contributed by atoms with E-state index in [9.17, 15) is 13.2 Å². The van der Waals surface area contributed by atoms with Crippen LogP contribution in [0.4, 0.5) is 5.69 Å². The van der Waals surface area contributed by atoms with Crippen molar-refractivity contribution < 1.29 is 17.9 Å². The first kappa shape index (κ1) is 22.1. The molecule has 0 aliphatic carbocycles. The van der Waals surface area contributed by atoms with Crippen molar-refractivity contribution in [3.63, 3.8) is 0 Å². The van der Waals surface area contributed by atoms with E-state index in [1.54, 1.807) is 29.2 Å². The summed E-state index contributed by atoms with van der Waals surface area (Å²) in [5.74, 6) is 0.403. The van der Waals surface area contributed by atoms with E-state index in [1.807, 2.05) is 19.9 Å². The van der Waals surface area contributed by atoms with Gasteiger partial charge in [-0.2, -0.15) is 0 Å². The number of carbonyl (C=O) groups excluding carboxylic acids is 1. The van der Waals surface area contributed by atoms with Gasteiger partial charge in [0.15, 0.2) is 6.61 Å². The number of nitrogens with zero attached hydrogens (tertiary/aromatic N) is 2. The molecule has 3 rings (SSSR count). The average Bonchev–Trinajstić information content (AvgIpc) is 2.71. The van der Waals surface area contributed by atoms with Crippen LogP contribution < -0.4 is 9.46 Å². The van der Waals surface area contributed by atoms with E-state index in [4.69, 9.17) is 4.74 Å². The van der Waals surface area contributed by atoms with Crippen LogP contribution in [0.5, 0.6) is 5.75 Å². The summed E-state index contributed by atoms with van der Waals surface area (Å²) in [5.41, 5.74) is 2.50. The van der Waals surface area contributed by atoms with Crippen LogP contribution in [0.25, 0.3) is 0 Å². The number of hydrogen-bond donors (Lipinski definition) is 1. The number of aryl methyl sites for hydroxylation is 2. The van der Waals surface area contributed by atoms with Gasteiger partial charge in [-0.3, -0.25) is 9.52 Å². The topological polar surface area (TPSA) is 79.0 Å². The molecule has 0 aromatic heterocycles. The van der Waals surface area contributed by atoms with Gasteiger partial charge < -0.3 is 14.5 Å². The number of ether oxygens (including phenoxy) is 1. The molecule has 1 fully saturated rings. The minimum absolute atomic E-state index is 0.0565. The third-order valence-electron chi connectivity index (χ3n) is 5.14. The predicted molar refractivity (Wildman–Crippen MR) is 117 cm³/mol. The van der Waals surface area contributed by atoms with E-state index in [1.165, 1.54) is 12.1 Å². The molecule has 162 valence electrons. The third-order valence-corrected chi connectivity index (χ3v) is 6.54. The minimum Gasteiger partial charge on any atom is -0.484 e. The van der Waals surface area contributed by atoms with Crippen LogP contribution in [0, 0.1) is 13.8 Å². The number of carbonyl (C=O) groups is 1. The van der Waals surface area contributed by atoms with Crippen molar-refractivity contribution in [3.05, 3.63) is 53.6 Å². The first-order valence-corrected chi connectivity index (χ1v) is 11.6. The number of anilines is 1. The lowest BCUT2D eigenvalue weighted by molar-refractivity contribution is -0.135. The number of nitrogens with one attached hydrogen (secondary N) is 1. The summed E-state index contributed by atoms with van der Waals surface area (Å²) in [6, 6.07) is 11.6. The molecule has 1 aliphatic rings. The molecule has 2 aromatic carbocycles. The number of amides is 1. The maximum absolute atomic E-state index is 12.6. The van der Waals surface area contributed by atoms with E-state index < -0.39 is 10.0 Å². The molecule has 1 amide bonds. The molecule has 8 heteroatoms. The lowest BCUT2D eigenvalue weighted by Crippen LogP contribution is -2.49. The summed E-state index contributed by atoms with van der Waals surface area (Å²) in [7, 11) is -3.71. The van der Waals surface area contributed by atoms with Crippen LogP contribution in [-0.2, 0) is 14.8 Å². The molecule has 0 atom stereocenters. The van der Waals surface area contributed by atoms with Crippen molar-refractivity contribution in [1.29, 1.82) is 0 Å². The number of rotatable bonds is 7. The quantitative estimate of drug-likeness (QED) is 0.729. The summed E-state index contributed by atoms with van der Waals surface area (Å²) in [6.45, 7) is 10.1. The van der Waals surface area contributed by atoms with E-state index in [-0.39, 0.29) is 17.4 Å². The van der Waals surface area contributed by atoms with Crippen LogP contribution in [0.3, 0.4) is 0 Å². The Morgan fingerprint density at radius 3 is 2.17 bits per heavy atom. The van der Waals surface area contributed by atoms with Gasteiger partial charge in [0, 0.05) is 31.9 Å². The van der Waals surface area contributed by atoms with Crippen LogP contribution in [0.1, 0.15) is 18.1 Å². The Hall–Kier alpha value is -2.58. The van der Waals surface area contributed by atoms with Gasteiger partial charge in [0.2, 0.25) is 0 Å². The fourth-order valence-corrected chi connectivity index (χ4v) is 4.55. The van der Waals surface area contributed by atoms with Crippen LogP contribution in [0.15, 0.2) is 47.4 Å². The summed E-state index contributed by atoms with van der Waals surface area (Å²) in [4.78, 5) is 16.6. The second-order valence-electron chi connectivity index (χ2n) is 7.56. The van der Waals surface area contributed by atoms with Gasteiger partial charge >= 0.3 is 0 Å². The van der Waals surface area contributed by atoms with Gasteiger partial charge in [-0.1, -0.05) is 13.0 Å². The Labute approximate surface area is 178 Å². The second kappa shape index (κ2) is 9.49. The summed E-state index contributed by atoms with van der Waals surface area (Å²) in [6.07, 6.45) is 0. The van der Waals surface area contributed by atoms with Crippen molar-refractivity contribution in [1.82, 2.24) is 9.80 Å². The normalized spacial score (nSPS) is 15.1. The van der Waals surface area contributed by atoms with Crippen molar-refractivity contribution in [3.8, 4) is 5.75 Å². The zero-order valence-electron chi connectivity index (χ0n) is 17.7. The highest BCUT2D eigenvalue weighted by molar-refractivity contribution is 7.92. The molecule has 7 nitrogen and oxygen atoms in total. The molecule has 30 heavy (non-hydrogen) atoms. The van der Waals surface area contributed by atoms with Gasteiger partial charge in [-0.25, -0.2) is 8.42 Å². The van der Waals surface area contributed by atoms with Crippen LogP contribution in [-0.4, -0.2) is 63.5 Å². The number of benzene rings is 2. The smallest absolute Gasteiger partial charge is 0.261 e. The van der Waals surface area contributed by atoms with Gasteiger partial charge in [0.25, 0.3) is 15.9 Å². The molecule has 0 radical (unpaired) electrons. The van der Waals surface area contributed by atoms with Gasteiger partial charge in [-0.15, -0.1) is 0 Å². The third kappa shape index (κ3) is 5.73. The summed E-state index contributed by atoms with van der Waals surface area (Å²) >= 11 is 0. The largest absolute Gasteiger partial charge is 0.484 e. The molecule has 0 saturated carbocycles. The van der Waals surface area contributed by atoms with Crippen molar-refractivity contribution >= 4 is 21.6 Å². The molecule has 1 saturated heterocycles. The summed E-state index contributed by atoms with van der Waals surface area (Å²) in [5, 5.41) is 0. The molecule has 0 bridgehead atoms. The number of sulfonamides is 1. The lowest BCUT2D eigenvalue weighted by Gasteiger charge is -2.33. The highest BCUT2D eigenvalue weighted by atomic mass is 32.2. The van der Waals surface area contributed by atoms with Gasteiger partial charge in [0.05, 0.1) is 4.90 Å². The Morgan fingerprint density at radius 1 is 1.00 bits per heavy atom. The predicted octanol–water partition coefficient (Wildman–Crippen LogP) is 2.65. The first-order valence-electron chi connectivity index (χ1n) is 10.1.